The number of hydrogen-bond acceptors (Lipinski definition) is 4. The Bertz CT molecular complexity index is 273. The van der Waals surface area contributed by atoms with Crippen LogP contribution in [0, 0.1) is 0 Å². The first-order valence-corrected chi connectivity index (χ1v) is 9.20. The summed E-state index contributed by atoms with van der Waals surface area (Å²) in [4.78, 5) is 0. The van der Waals surface area contributed by atoms with Gasteiger partial charge in [-0.05, 0) is 51.4 Å². The van der Waals surface area contributed by atoms with E-state index < -0.39 is 13.6 Å². The minimum atomic E-state index is -5.75. The van der Waals surface area contributed by atoms with Gasteiger partial charge in [0.25, 0.3) is 0 Å². The summed E-state index contributed by atoms with van der Waals surface area (Å²) in [5.41, 5.74) is 8.00. The van der Waals surface area contributed by atoms with E-state index in [1.165, 1.54) is 64.2 Å². The summed E-state index contributed by atoms with van der Waals surface area (Å²) in [5, 5.41) is 0. The Hall–Kier alpha value is -0.0275. The van der Waals surface area contributed by atoms with Gasteiger partial charge in [0.2, 0.25) is 0 Å². The van der Waals surface area contributed by atoms with Gasteiger partial charge in [0.1, 0.15) is 0 Å². The first-order chi connectivity index (χ1) is 8.79. The van der Waals surface area contributed by atoms with Gasteiger partial charge in [-0.25, -0.2) is 0 Å². The fourth-order valence-electron chi connectivity index (χ4n) is 2.37. The Kier molecular flexibility index (Phi) is 10.7. The van der Waals surface area contributed by atoms with Crippen molar-refractivity contribution >= 4 is 0 Å². The van der Waals surface area contributed by atoms with Gasteiger partial charge in [0, 0.05) is 0 Å². The topological polar surface area (TPSA) is 136 Å². The van der Waals surface area contributed by atoms with Crippen LogP contribution in [-0.4, -0.2) is 12.1 Å². The predicted molar refractivity (Wildman–Crippen MR) is 60.9 cm³/mol. The molecule has 0 aliphatic heterocycles. The van der Waals surface area contributed by atoms with Crippen molar-refractivity contribution in [2.45, 2.75) is 76.3 Å². The zero-order valence-electron chi connectivity index (χ0n) is 11.7. The molecule has 2 aliphatic rings. The van der Waals surface area contributed by atoms with Gasteiger partial charge >= 0.3 is 29.5 Å². The van der Waals surface area contributed by atoms with E-state index in [-0.39, 0.29) is 0 Å². The Labute approximate surface area is 117 Å². The van der Waals surface area contributed by atoms with Gasteiger partial charge in [0.15, 0.2) is 0 Å². The van der Waals surface area contributed by atoms with E-state index in [1.54, 1.807) is 0 Å². The van der Waals surface area contributed by atoms with Crippen molar-refractivity contribution in [2.75, 3.05) is 0 Å². The molecule has 0 aromatic rings. The van der Waals surface area contributed by atoms with E-state index in [4.69, 9.17) is 15.9 Å². The van der Waals surface area contributed by atoms with Gasteiger partial charge < -0.3 is 11.5 Å². The molecular weight excluding hydrogens is 288 g/mol. The van der Waals surface area contributed by atoms with Crippen LogP contribution in [0.2, 0.25) is 0 Å². The maximum atomic E-state index is 8.59. The second-order valence-electron chi connectivity index (χ2n) is 5.42. The SMILES string of the molecule is [NH3+]C1CCCCC1.[NH3+]C1CCCCC1.[O]=[Cr](=[O])([O-])[O-]. The van der Waals surface area contributed by atoms with Gasteiger partial charge in [-0.15, -0.1) is 0 Å². The van der Waals surface area contributed by atoms with Crippen LogP contribution < -0.4 is 19.8 Å². The zero-order chi connectivity index (χ0) is 14.7. The van der Waals surface area contributed by atoms with Crippen LogP contribution in [0.25, 0.3) is 0 Å². The van der Waals surface area contributed by atoms with Crippen LogP contribution in [0.4, 0.5) is 0 Å². The molecule has 2 saturated carbocycles. The average molecular weight is 316 g/mol. The molecule has 19 heavy (non-hydrogen) atoms. The van der Waals surface area contributed by atoms with Crippen molar-refractivity contribution in [1.29, 1.82) is 0 Å². The van der Waals surface area contributed by atoms with E-state index in [2.05, 4.69) is 11.5 Å². The summed E-state index contributed by atoms with van der Waals surface area (Å²) < 4.78 is 34.4. The van der Waals surface area contributed by atoms with Crippen LogP contribution in [-0.2, 0) is 21.2 Å². The maximum absolute atomic E-state index is 8.59. The van der Waals surface area contributed by atoms with Crippen LogP contribution >= 0.6 is 0 Å². The number of quaternary nitrogens is 2. The summed E-state index contributed by atoms with van der Waals surface area (Å²) in [5.74, 6) is 0. The van der Waals surface area contributed by atoms with E-state index in [1.807, 2.05) is 0 Å². The molecule has 7 heteroatoms. The molecule has 6 nitrogen and oxygen atoms in total. The average Bonchev–Trinajstić information content (AvgIpc) is 2.29. The van der Waals surface area contributed by atoms with Gasteiger partial charge in [0.05, 0.1) is 12.1 Å². The molecule has 0 saturated heterocycles. The van der Waals surface area contributed by atoms with E-state index in [0.29, 0.717) is 0 Å². The third-order valence-electron chi connectivity index (χ3n) is 3.45. The standard InChI is InChI=1S/2C6H13N.Cr.4O/c2*7-6-4-2-1-3-5-6;;;;;/h2*6H,1-5,7H2;;;;;/q;;;;;2*-1/p+2. The third kappa shape index (κ3) is 18.0. The number of rotatable bonds is 0. The Balaban J connectivity index is 0.000000261. The molecule has 0 radical (unpaired) electrons. The van der Waals surface area contributed by atoms with Crippen molar-refractivity contribution in [3.63, 3.8) is 0 Å². The van der Waals surface area contributed by atoms with Crippen molar-refractivity contribution in [3.05, 3.63) is 0 Å². The first-order valence-electron chi connectivity index (χ1n) is 7.12. The predicted octanol–water partition coefficient (Wildman–Crippen LogP) is -1.50. The van der Waals surface area contributed by atoms with Crippen LogP contribution in [0.5, 0.6) is 0 Å². The zero-order valence-corrected chi connectivity index (χ0v) is 13.0. The molecule has 0 aromatic heterocycles. The molecule has 0 heterocycles. The van der Waals surface area contributed by atoms with Crippen LogP contribution in [0.1, 0.15) is 64.2 Å². The van der Waals surface area contributed by atoms with E-state index in [0.717, 1.165) is 12.1 Å². The molecule has 0 atom stereocenters. The van der Waals surface area contributed by atoms with Gasteiger partial charge in [-0.2, -0.15) is 0 Å². The molecule has 0 bridgehead atoms. The summed E-state index contributed by atoms with van der Waals surface area (Å²) >= 11 is -5.75. The molecule has 2 aliphatic carbocycles. The van der Waals surface area contributed by atoms with E-state index >= 15 is 0 Å². The van der Waals surface area contributed by atoms with Crippen LogP contribution in [0.15, 0.2) is 0 Å². The fourth-order valence-corrected chi connectivity index (χ4v) is 2.37. The number of hydrogen-bond donors (Lipinski definition) is 2. The molecule has 0 aromatic carbocycles. The summed E-state index contributed by atoms with van der Waals surface area (Å²) in [6.07, 6.45) is 14.1. The molecule has 2 fully saturated rings. The fraction of sp³-hybridized carbons (Fsp3) is 1.00. The molecule has 2 rings (SSSR count). The van der Waals surface area contributed by atoms with Crippen molar-refractivity contribution in [2.24, 2.45) is 0 Å². The summed E-state index contributed by atoms with van der Waals surface area (Å²) in [6, 6.07) is 1.57. The van der Waals surface area contributed by atoms with Gasteiger partial charge in [-0.3, -0.25) is 0 Å². The Morgan fingerprint density at radius 2 is 0.895 bits per heavy atom. The monoisotopic (exact) mass is 316 g/mol. The van der Waals surface area contributed by atoms with Crippen molar-refractivity contribution in [1.82, 2.24) is 0 Å². The molecule has 0 spiro atoms. The Morgan fingerprint density at radius 3 is 1.00 bits per heavy atom. The summed E-state index contributed by atoms with van der Waals surface area (Å²) in [6.45, 7) is 0. The molecule has 0 unspecified atom stereocenters. The summed E-state index contributed by atoms with van der Waals surface area (Å²) in [7, 11) is 0. The third-order valence-corrected chi connectivity index (χ3v) is 3.45. The molecule has 6 N–H and O–H groups in total. The second-order valence-corrected chi connectivity index (χ2v) is 6.69. The van der Waals surface area contributed by atoms with Gasteiger partial charge in [-0.1, -0.05) is 12.8 Å². The van der Waals surface area contributed by atoms with Crippen LogP contribution in [0.3, 0.4) is 0 Å². The quantitative estimate of drug-likeness (QED) is 0.562. The first kappa shape index (κ1) is 19.0. The van der Waals surface area contributed by atoms with Crippen molar-refractivity contribution in [3.8, 4) is 0 Å². The Morgan fingerprint density at radius 1 is 0.684 bits per heavy atom. The van der Waals surface area contributed by atoms with E-state index in [9.17, 15) is 0 Å². The van der Waals surface area contributed by atoms with Crippen molar-refractivity contribution < 1.29 is 41.0 Å². The molecule has 116 valence electrons. The second kappa shape index (κ2) is 10.7. The minimum absolute atomic E-state index is 0.786. The normalized spacial score (nSPS) is 21.7. The molecule has 0 amide bonds. The molecular formula is C12H28CrN2O4.